The Bertz CT molecular complexity index is 701. The highest BCUT2D eigenvalue weighted by Gasteiger charge is 2.10. The number of aryl methyl sites for hydroxylation is 1. The van der Waals surface area contributed by atoms with Crippen LogP contribution in [-0.4, -0.2) is 26.5 Å². The topological polar surface area (TPSA) is 85.8 Å². The molecule has 2 rings (SSSR count). The molecule has 0 unspecified atom stereocenters. The molecule has 2 aromatic heterocycles. The Morgan fingerprint density at radius 2 is 2.40 bits per heavy atom. The fourth-order valence-electron chi connectivity index (χ4n) is 1.56. The quantitative estimate of drug-likeness (QED) is 0.824. The van der Waals surface area contributed by atoms with Crippen LogP contribution in [0.5, 0.6) is 0 Å². The maximum absolute atomic E-state index is 12.0. The zero-order chi connectivity index (χ0) is 14.5. The van der Waals surface area contributed by atoms with Crippen LogP contribution in [0, 0.1) is 19.3 Å². The van der Waals surface area contributed by atoms with Crippen LogP contribution < -0.4 is 10.9 Å². The number of aromatic nitrogens is 4. The third-order valence-electron chi connectivity index (χ3n) is 2.45. The molecular weight excluding hydrogens is 282 g/mol. The van der Waals surface area contributed by atoms with Crippen molar-refractivity contribution in [2.75, 3.05) is 11.9 Å². The van der Waals surface area contributed by atoms with Crippen molar-refractivity contribution in [2.24, 2.45) is 0 Å². The van der Waals surface area contributed by atoms with E-state index in [0.717, 1.165) is 4.68 Å². The fraction of sp³-hybridized carbons (Fsp3) is 0.333. The van der Waals surface area contributed by atoms with E-state index in [1.165, 1.54) is 6.20 Å². The Hall–Kier alpha value is -2.33. The van der Waals surface area contributed by atoms with Crippen LogP contribution in [0.1, 0.15) is 11.7 Å². The van der Waals surface area contributed by atoms with Crippen molar-refractivity contribution in [1.82, 2.24) is 19.9 Å². The first kappa shape index (κ1) is 14.1. The van der Waals surface area contributed by atoms with Crippen LogP contribution in [-0.2, 0) is 13.0 Å². The number of nitrogens with zero attached hydrogens (tertiary/aromatic N) is 4. The molecule has 8 heteroatoms. The van der Waals surface area contributed by atoms with E-state index in [0.29, 0.717) is 24.7 Å². The number of hydrogen-bond donors (Lipinski definition) is 1. The Morgan fingerprint density at radius 3 is 3.05 bits per heavy atom. The van der Waals surface area contributed by atoms with Crippen molar-refractivity contribution in [2.45, 2.75) is 19.9 Å². The molecule has 0 aliphatic rings. The van der Waals surface area contributed by atoms with Crippen molar-refractivity contribution < 1.29 is 4.52 Å². The summed E-state index contributed by atoms with van der Waals surface area (Å²) < 4.78 is 6.13. The molecule has 2 aromatic rings. The monoisotopic (exact) mass is 293 g/mol. The molecule has 7 nitrogen and oxygen atoms in total. The number of anilines is 1. The van der Waals surface area contributed by atoms with Crippen molar-refractivity contribution in [3.05, 3.63) is 33.3 Å². The van der Waals surface area contributed by atoms with E-state index in [4.69, 9.17) is 22.5 Å². The Labute approximate surface area is 119 Å². The first-order chi connectivity index (χ1) is 9.61. The number of terminal acetylenes is 1. The van der Waals surface area contributed by atoms with Crippen LogP contribution in [0.15, 0.2) is 15.5 Å². The summed E-state index contributed by atoms with van der Waals surface area (Å²) in [4.78, 5) is 16.1. The lowest BCUT2D eigenvalue weighted by Crippen LogP contribution is -2.26. The second kappa shape index (κ2) is 6.21. The largest absolute Gasteiger partial charge is 0.379 e. The predicted octanol–water partition coefficient (Wildman–Crippen LogP) is 0.876. The lowest BCUT2D eigenvalue weighted by molar-refractivity contribution is 0.377. The summed E-state index contributed by atoms with van der Waals surface area (Å²) in [7, 11) is 0. The van der Waals surface area contributed by atoms with E-state index in [1.807, 2.05) is 0 Å². The molecule has 0 bridgehead atoms. The van der Waals surface area contributed by atoms with Gasteiger partial charge in [-0.3, -0.25) is 4.79 Å². The molecule has 0 fully saturated rings. The fourth-order valence-corrected chi connectivity index (χ4v) is 1.76. The number of hydrogen-bond acceptors (Lipinski definition) is 6. The van der Waals surface area contributed by atoms with Gasteiger partial charge in [-0.2, -0.15) is 10.1 Å². The summed E-state index contributed by atoms with van der Waals surface area (Å²) in [6.07, 6.45) is 7.02. The van der Waals surface area contributed by atoms with Gasteiger partial charge in [0.25, 0.3) is 5.56 Å². The van der Waals surface area contributed by atoms with E-state index in [2.05, 4.69) is 26.5 Å². The minimum Gasteiger partial charge on any atom is -0.379 e. The molecule has 0 saturated carbocycles. The van der Waals surface area contributed by atoms with Gasteiger partial charge in [-0.25, -0.2) is 4.68 Å². The maximum atomic E-state index is 12.0. The van der Waals surface area contributed by atoms with Gasteiger partial charge in [0.1, 0.15) is 12.2 Å². The average Bonchev–Trinajstić information content (AvgIpc) is 2.83. The summed E-state index contributed by atoms with van der Waals surface area (Å²) in [5.74, 6) is 3.41. The number of halogens is 1. The molecule has 20 heavy (non-hydrogen) atoms. The summed E-state index contributed by atoms with van der Waals surface area (Å²) in [6, 6.07) is 0. The molecule has 1 N–H and O–H groups in total. The molecule has 0 saturated heterocycles. The lowest BCUT2D eigenvalue weighted by atomic mass is 10.4. The highest BCUT2D eigenvalue weighted by Crippen LogP contribution is 2.14. The van der Waals surface area contributed by atoms with Crippen LogP contribution in [0.2, 0.25) is 5.02 Å². The van der Waals surface area contributed by atoms with E-state index in [-0.39, 0.29) is 22.8 Å². The molecule has 104 valence electrons. The molecule has 0 radical (unpaired) electrons. The second-order valence-corrected chi connectivity index (χ2v) is 4.35. The van der Waals surface area contributed by atoms with Crippen LogP contribution in [0.3, 0.4) is 0 Å². The summed E-state index contributed by atoms with van der Waals surface area (Å²) >= 11 is 5.95. The molecule has 0 amide bonds. The first-order valence-electron chi connectivity index (χ1n) is 5.84. The highest BCUT2D eigenvalue weighted by atomic mass is 35.5. The zero-order valence-corrected chi connectivity index (χ0v) is 11.5. The Kier molecular flexibility index (Phi) is 4.38. The summed E-state index contributed by atoms with van der Waals surface area (Å²) in [6.45, 7) is 2.25. The summed E-state index contributed by atoms with van der Waals surface area (Å²) in [5.41, 5.74) is -0.106. The van der Waals surface area contributed by atoms with Crippen molar-refractivity contribution >= 4 is 17.3 Å². The molecule has 2 heterocycles. The van der Waals surface area contributed by atoms with Crippen LogP contribution in [0.25, 0.3) is 0 Å². The van der Waals surface area contributed by atoms with E-state index in [9.17, 15) is 4.79 Å². The normalized spacial score (nSPS) is 10.2. The predicted molar refractivity (Wildman–Crippen MR) is 73.6 cm³/mol. The molecule has 0 atom stereocenters. The van der Waals surface area contributed by atoms with Gasteiger partial charge in [0.2, 0.25) is 5.89 Å². The molecular formula is C12H12ClN5O2. The first-order valence-corrected chi connectivity index (χ1v) is 6.21. The van der Waals surface area contributed by atoms with E-state index >= 15 is 0 Å². The zero-order valence-electron chi connectivity index (χ0n) is 10.8. The lowest BCUT2D eigenvalue weighted by Gasteiger charge is -2.08. The van der Waals surface area contributed by atoms with Crippen molar-refractivity contribution in [3.63, 3.8) is 0 Å². The molecule has 0 aliphatic carbocycles. The summed E-state index contributed by atoms with van der Waals surface area (Å²) in [5, 5.41) is 10.7. The van der Waals surface area contributed by atoms with Gasteiger partial charge >= 0.3 is 0 Å². The minimum absolute atomic E-state index is 0.0908. The van der Waals surface area contributed by atoms with Gasteiger partial charge in [-0.05, 0) is 6.92 Å². The highest BCUT2D eigenvalue weighted by molar-refractivity contribution is 6.32. The van der Waals surface area contributed by atoms with Crippen molar-refractivity contribution in [3.8, 4) is 12.3 Å². The molecule has 0 spiro atoms. The smallest absolute Gasteiger partial charge is 0.292 e. The van der Waals surface area contributed by atoms with Gasteiger partial charge in [0.05, 0.1) is 11.2 Å². The number of rotatable bonds is 5. The minimum atomic E-state index is -0.364. The third kappa shape index (κ3) is 3.16. The van der Waals surface area contributed by atoms with Gasteiger partial charge in [-0.1, -0.05) is 22.7 Å². The van der Waals surface area contributed by atoms with E-state index in [1.54, 1.807) is 6.92 Å². The molecule has 0 aromatic carbocycles. The van der Waals surface area contributed by atoms with Crippen LogP contribution in [0.4, 0.5) is 5.69 Å². The maximum Gasteiger partial charge on any atom is 0.292 e. The Balaban J connectivity index is 2.07. The Morgan fingerprint density at radius 1 is 1.60 bits per heavy atom. The third-order valence-corrected chi connectivity index (χ3v) is 2.74. The number of nitrogens with one attached hydrogen (secondary N) is 1. The SMILES string of the molecule is C#CCn1ncc(Cl)c(NCCc2nc(C)no2)c1=O. The van der Waals surface area contributed by atoms with Gasteiger partial charge < -0.3 is 9.84 Å². The molecule has 0 aliphatic heterocycles. The second-order valence-electron chi connectivity index (χ2n) is 3.95. The standard InChI is InChI=1S/C12H12ClN5O2/c1-3-6-18-12(19)11(9(13)7-15-18)14-5-4-10-16-8(2)17-20-10/h1,7,14H,4-6H2,2H3. The van der Waals surface area contributed by atoms with Gasteiger partial charge in [0.15, 0.2) is 5.82 Å². The van der Waals surface area contributed by atoms with Gasteiger partial charge in [0, 0.05) is 13.0 Å². The van der Waals surface area contributed by atoms with E-state index < -0.39 is 0 Å². The van der Waals surface area contributed by atoms with Gasteiger partial charge in [-0.15, -0.1) is 6.42 Å². The van der Waals surface area contributed by atoms with Crippen molar-refractivity contribution in [1.29, 1.82) is 0 Å². The van der Waals surface area contributed by atoms with Crippen LogP contribution >= 0.6 is 11.6 Å². The average molecular weight is 294 g/mol.